The molecule has 2 nitrogen and oxygen atoms in total. The lowest BCUT2D eigenvalue weighted by atomic mass is 10.1. The van der Waals surface area contributed by atoms with Crippen molar-refractivity contribution in [1.29, 1.82) is 0 Å². The lowest BCUT2D eigenvalue weighted by Gasteiger charge is -2.09. The van der Waals surface area contributed by atoms with Crippen LogP contribution < -0.4 is 0 Å². The van der Waals surface area contributed by atoms with Crippen molar-refractivity contribution in [3.8, 4) is 0 Å². The number of unbranched alkanes of at least 4 members (excludes halogenated alkanes) is 8. The van der Waals surface area contributed by atoms with E-state index in [1.54, 1.807) is 0 Å². The maximum absolute atomic E-state index is 11.4. The average Bonchev–Trinajstić information content (AvgIpc) is 2.42. The Labute approximate surface area is 120 Å². The van der Waals surface area contributed by atoms with Gasteiger partial charge in [0.25, 0.3) is 0 Å². The van der Waals surface area contributed by atoms with Crippen molar-refractivity contribution >= 4 is 5.97 Å². The quantitative estimate of drug-likeness (QED) is 0.326. The van der Waals surface area contributed by atoms with Crippen molar-refractivity contribution in [2.75, 3.05) is 6.61 Å². The summed E-state index contributed by atoms with van der Waals surface area (Å²) < 4.78 is 5.23. The van der Waals surface area contributed by atoms with E-state index in [0.29, 0.717) is 18.9 Å². The molecular weight excluding hydrogens is 236 g/mol. The van der Waals surface area contributed by atoms with E-state index in [2.05, 4.69) is 20.8 Å². The maximum atomic E-state index is 11.4. The zero-order valence-corrected chi connectivity index (χ0v) is 13.4. The van der Waals surface area contributed by atoms with Crippen LogP contribution in [-0.4, -0.2) is 12.6 Å². The highest BCUT2D eigenvalue weighted by molar-refractivity contribution is 5.69. The summed E-state index contributed by atoms with van der Waals surface area (Å²) in [6, 6.07) is 0. The van der Waals surface area contributed by atoms with Crippen molar-refractivity contribution < 1.29 is 9.53 Å². The normalized spacial score (nSPS) is 12.4. The minimum absolute atomic E-state index is 0.0109. The molecule has 0 fully saturated rings. The average molecular weight is 270 g/mol. The molecule has 0 aromatic carbocycles. The SMILES string of the molecule is CCCCCCCCCCCC(=O)OCC(C)CC. The number of ether oxygens (including phenoxy) is 1. The van der Waals surface area contributed by atoms with Crippen LogP contribution in [0.15, 0.2) is 0 Å². The van der Waals surface area contributed by atoms with Gasteiger partial charge in [0, 0.05) is 6.42 Å². The Morgan fingerprint density at radius 1 is 0.895 bits per heavy atom. The van der Waals surface area contributed by atoms with Gasteiger partial charge < -0.3 is 4.74 Å². The number of hydrogen-bond donors (Lipinski definition) is 0. The highest BCUT2D eigenvalue weighted by Crippen LogP contribution is 2.11. The van der Waals surface area contributed by atoms with E-state index < -0.39 is 0 Å². The lowest BCUT2D eigenvalue weighted by molar-refractivity contribution is -0.145. The van der Waals surface area contributed by atoms with Crippen molar-refractivity contribution in [2.45, 2.75) is 91.4 Å². The fourth-order valence-corrected chi connectivity index (χ4v) is 2.01. The summed E-state index contributed by atoms with van der Waals surface area (Å²) >= 11 is 0. The van der Waals surface area contributed by atoms with Crippen molar-refractivity contribution in [3.63, 3.8) is 0 Å². The summed E-state index contributed by atoms with van der Waals surface area (Å²) in [7, 11) is 0. The predicted molar refractivity (Wildman–Crippen MR) is 82.3 cm³/mol. The summed E-state index contributed by atoms with van der Waals surface area (Å²) in [6.07, 6.45) is 13.3. The summed E-state index contributed by atoms with van der Waals surface area (Å²) in [5.41, 5.74) is 0. The molecule has 0 saturated carbocycles. The van der Waals surface area contributed by atoms with Gasteiger partial charge in [-0.25, -0.2) is 0 Å². The summed E-state index contributed by atoms with van der Waals surface area (Å²) in [6.45, 7) is 7.08. The Morgan fingerprint density at radius 3 is 1.95 bits per heavy atom. The minimum Gasteiger partial charge on any atom is -0.465 e. The molecule has 0 bridgehead atoms. The first-order chi connectivity index (χ1) is 9.20. The number of rotatable bonds is 13. The second-order valence-corrected chi connectivity index (χ2v) is 5.77. The molecule has 0 radical (unpaired) electrons. The molecular formula is C17H34O2. The smallest absolute Gasteiger partial charge is 0.305 e. The number of carbonyl (C=O) groups is 1. The van der Waals surface area contributed by atoms with Gasteiger partial charge in [-0.15, -0.1) is 0 Å². The van der Waals surface area contributed by atoms with Crippen LogP contribution in [0.3, 0.4) is 0 Å². The Balaban J connectivity index is 3.18. The minimum atomic E-state index is -0.0109. The molecule has 0 N–H and O–H groups in total. The highest BCUT2D eigenvalue weighted by atomic mass is 16.5. The molecule has 1 atom stereocenters. The second kappa shape index (κ2) is 13.9. The van der Waals surface area contributed by atoms with E-state index >= 15 is 0 Å². The van der Waals surface area contributed by atoms with Gasteiger partial charge in [0.15, 0.2) is 0 Å². The Kier molecular flexibility index (Phi) is 13.5. The van der Waals surface area contributed by atoms with Gasteiger partial charge in [0.1, 0.15) is 0 Å². The van der Waals surface area contributed by atoms with Crippen LogP contribution in [0.4, 0.5) is 0 Å². The molecule has 0 saturated heterocycles. The first-order valence-corrected chi connectivity index (χ1v) is 8.36. The zero-order chi connectivity index (χ0) is 14.3. The van der Waals surface area contributed by atoms with Crippen molar-refractivity contribution in [2.24, 2.45) is 5.92 Å². The molecule has 19 heavy (non-hydrogen) atoms. The molecule has 0 rings (SSSR count). The molecule has 0 aromatic heterocycles. The maximum Gasteiger partial charge on any atom is 0.305 e. The summed E-state index contributed by atoms with van der Waals surface area (Å²) in [5, 5.41) is 0. The standard InChI is InChI=1S/C17H34O2/c1-4-6-7-8-9-10-11-12-13-14-17(18)19-15-16(3)5-2/h16H,4-15H2,1-3H3. The lowest BCUT2D eigenvalue weighted by Crippen LogP contribution is -2.11. The van der Waals surface area contributed by atoms with Gasteiger partial charge in [0.05, 0.1) is 6.61 Å². The van der Waals surface area contributed by atoms with Crippen LogP contribution in [0.5, 0.6) is 0 Å². The van der Waals surface area contributed by atoms with E-state index in [-0.39, 0.29) is 5.97 Å². The molecule has 0 spiro atoms. The van der Waals surface area contributed by atoms with Gasteiger partial charge in [0.2, 0.25) is 0 Å². The topological polar surface area (TPSA) is 26.3 Å². The molecule has 0 aromatic rings. The summed E-state index contributed by atoms with van der Waals surface area (Å²) in [4.78, 5) is 11.4. The van der Waals surface area contributed by atoms with E-state index in [1.165, 1.54) is 51.4 Å². The fourth-order valence-electron chi connectivity index (χ4n) is 2.01. The van der Waals surface area contributed by atoms with E-state index in [0.717, 1.165) is 12.8 Å². The van der Waals surface area contributed by atoms with Crippen LogP contribution in [-0.2, 0) is 9.53 Å². The molecule has 0 heterocycles. The Hall–Kier alpha value is -0.530. The third-order valence-electron chi connectivity index (χ3n) is 3.71. The third-order valence-corrected chi connectivity index (χ3v) is 3.71. The zero-order valence-electron chi connectivity index (χ0n) is 13.4. The number of esters is 1. The number of hydrogen-bond acceptors (Lipinski definition) is 2. The van der Waals surface area contributed by atoms with E-state index in [1.807, 2.05) is 0 Å². The predicted octanol–water partition coefficient (Wildman–Crippen LogP) is 5.50. The molecule has 2 heteroatoms. The highest BCUT2D eigenvalue weighted by Gasteiger charge is 2.05. The van der Waals surface area contributed by atoms with Crippen LogP contribution in [0, 0.1) is 5.92 Å². The van der Waals surface area contributed by atoms with Gasteiger partial charge in [-0.05, 0) is 12.3 Å². The van der Waals surface area contributed by atoms with Crippen LogP contribution >= 0.6 is 0 Å². The van der Waals surface area contributed by atoms with Crippen molar-refractivity contribution in [3.05, 3.63) is 0 Å². The molecule has 0 amide bonds. The van der Waals surface area contributed by atoms with Gasteiger partial charge >= 0.3 is 5.97 Å². The van der Waals surface area contributed by atoms with E-state index in [9.17, 15) is 4.79 Å². The van der Waals surface area contributed by atoms with E-state index in [4.69, 9.17) is 4.74 Å². The summed E-state index contributed by atoms with van der Waals surface area (Å²) in [5.74, 6) is 0.482. The largest absolute Gasteiger partial charge is 0.465 e. The van der Waals surface area contributed by atoms with Crippen LogP contribution in [0.2, 0.25) is 0 Å². The molecule has 0 aliphatic carbocycles. The second-order valence-electron chi connectivity index (χ2n) is 5.77. The molecule has 0 aliphatic heterocycles. The van der Waals surface area contributed by atoms with Crippen LogP contribution in [0.1, 0.15) is 91.4 Å². The Bertz CT molecular complexity index is 201. The van der Waals surface area contributed by atoms with Gasteiger partial charge in [-0.2, -0.15) is 0 Å². The van der Waals surface area contributed by atoms with Crippen molar-refractivity contribution in [1.82, 2.24) is 0 Å². The molecule has 0 aliphatic rings. The molecule has 1 unspecified atom stereocenters. The first-order valence-electron chi connectivity index (χ1n) is 8.36. The molecule has 114 valence electrons. The van der Waals surface area contributed by atoms with Gasteiger partial charge in [-0.1, -0.05) is 78.6 Å². The Morgan fingerprint density at radius 2 is 1.42 bits per heavy atom. The fraction of sp³-hybridized carbons (Fsp3) is 0.941. The monoisotopic (exact) mass is 270 g/mol. The number of carbonyl (C=O) groups excluding carboxylic acids is 1. The first kappa shape index (κ1) is 18.5. The van der Waals surface area contributed by atoms with Gasteiger partial charge in [-0.3, -0.25) is 4.79 Å². The third kappa shape index (κ3) is 13.7. The van der Waals surface area contributed by atoms with Crippen LogP contribution in [0.25, 0.3) is 0 Å².